The Morgan fingerprint density at radius 3 is 2.57 bits per heavy atom. The SMILES string of the molecule is COC(=O)c1ccc2nc(N3C4CCC3CN(CCc3c(-c5ccccc5OC(F)(F)F)noc3C3CC3)C4)sc2c1. The number of thiazole rings is 1. The second-order valence-electron chi connectivity index (χ2n) is 11.2. The molecule has 1 saturated carbocycles. The van der Waals surface area contributed by atoms with Crippen LogP contribution in [0.4, 0.5) is 18.3 Å². The van der Waals surface area contributed by atoms with Crippen LogP contribution < -0.4 is 9.64 Å². The Morgan fingerprint density at radius 1 is 1.10 bits per heavy atom. The maximum absolute atomic E-state index is 13.1. The number of hydrogen-bond donors (Lipinski definition) is 0. The normalized spacial score (nSPS) is 20.8. The molecule has 2 aliphatic heterocycles. The van der Waals surface area contributed by atoms with Crippen molar-refractivity contribution in [1.29, 1.82) is 0 Å². The molecule has 0 radical (unpaired) electrons. The summed E-state index contributed by atoms with van der Waals surface area (Å²) in [5.74, 6) is 0.416. The highest BCUT2D eigenvalue weighted by Gasteiger charge is 2.42. The van der Waals surface area contributed by atoms with E-state index in [1.165, 1.54) is 19.2 Å². The Bertz CT molecular complexity index is 1620. The van der Waals surface area contributed by atoms with Gasteiger partial charge in [0.1, 0.15) is 17.2 Å². The van der Waals surface area contributed by atoms with Crippen LogP contribution in [-0.2, 0) is 11.2 Å². The Kier molecular flexibility index (Phi) is 6.85. The fraction of sp³-hybridized carbons (Fsp3) is 0.433. The fourth-order valence-electron chi connectivity index (χ4n) is 6.34. The molecule has 42 heavy (non-hydrogen) atoms. The number of anilines is 1. The summed E-state index contributed by atoms with van der Waals surface area (Å²) in [5, 5.41) is 5.22. The first-order valence-electron chi connectivity index (χ1n) is 14.1. The molecule has 7 rings (SSSR count). The lowest BCUT2D eigenvalue weighted by Gasteiger charge is -2.41. The van der Waals surface area contributed by atoms with Crippen LogP contribution in [0.1, 0.15) is 53.3 Å². The van der Waals surface area contributed by atoms with E-state index in [2.05, 4.69) is 19.7 Å². The van der Waals surface area contributed by atoms with Crippen molar-refractivity contribution in [3.63, 3.8) is 0 Å². The molecule has 12 heteroatoms. The van der Waals surface area contributed by atoms with Crippen LogP contribution in [0.5, 0.6) is 5.75 Å². The zero-order chi connectivity index (χ0) is 29.0. The molecular weight excluding hydrogens is 569 g/mol. The lowest BCUT2D eigenvalue weighted by Crippen LogP contribution is -2.54. The largest absolute Gasteiger partial charge is 0.573 e. The van der Waals surface area contributed by atoms with Crippen LogP contribution in [0, 0.1) is 0 Å². The third-order valence-electron chi connectivity index (χ3n) is 8.39. The number of alkyl halides is 3. The number of esters is 1. The van der Waals surface area contributed by atoms with E-state index in [0.29, 0.717) is 29.8 Å². The number of aromatic nitrogens is 2. The molecule has 4 aromatic rings. The standard InChI is InChI=1S/C30H29F3N4O4S/c1-39-28(38)18-8-11-23-25(14-18)42-29(34-23)37-19-9-10-20(37)16-36(15-19)13-12-22-26(35-41-27(22)17-6-7-17)21-4-2-3-5-24(21)40-30(31,32)33/h2-5,8,11,14,17,19-20H,6-7,9-10,12-13,15-16H2,1H3. The van der Waals surface area contributed by atoms with Crippen LogP contribution in [0.2, 0.25) is 0 Å². The summed E-state index contributed by atoms with van der Waals surface area (Å²) >= 11 is 1.60. The van der Waals surface area contributed by atoms with Crippen molar-refractivity contribution in [2.24, 2.45) is 0 Å². The first kappa shape index (κ1) is 27.2. The van der Waals surface area contributed by atoms with Crippen LogP contribution >= 0.6 is 11.3 Å². The van der Waals surface area contributed by atoms with E-state index in [0.717, 1.165) is 72.0 Å². The number of ether oxygens (including phenoxy) is 2. The van der Waals surface area contributed by atoms with Gasteiger partial charge in [-0.15, -0.1) is 13.2 Å². The summed E-state index contributed by atoms with van der Waals surface area (Å²) < 4.78 is 55.3. The Balaban J connectivity index is 1.09. The van der Waals surface area contributed by atoms with Gasteiger partial charge in [-0.2, -0.15) is 0 Å². The van der Waals surface area contributed by atoms with Crippen LogP contribution in [-0.4, -0.2) is 66.2 Å². The topological polar surface area (TPSA) is 80.9 Å². The van der Waals surface area contributed by atoms with Crippen LogP contribution in [0.25, 0.3) is 21.5 Å². The number of carbonyl (C=O) groups excluding carboxylic acids is 1. The van der Waals surface area contributed by atoms with Gasteiger partial charge < -0.3 is 18.9 Å². The number of likely N-dealkylation sites (tertiary alicyclic amines) is 1. The molecule has 4 heterocycles. The summed E-state index contributed by atoms with van der Waals surface area (Å²) in [7, 11) is 1.37. The van der Waals surface area contributed by atoms with Gasteiger partial charge in [-0.3, -0.25) is 4.90 Å². The van der Waals surface area contributed by atoms with Crippen LogP contribution in [0.15, 0.2) is 47.0 Å². The maximum atomic E-state index is 13.1. The molecule has 8 nitrogen and oxygen atoms in total. The van der Waals surface area contributed by atoms with Gasteiger partial charge in [-0.1, -0.05) is 28.6 Å². The molecular formula is C30H29F3N4O4S. The molecule has 0 spiro atoms. The average Bonchev–Trinajstić information content (AvgIpc) is 3.49. The number of hydrogen-bond acceptors (Lipinski definition) is 9. The fourth-order valence-corrected chi connectivity index (χ4v) is 7.49. The third-order valence-corrected chi connectivity index (χ3v) is 9.42. The number of para-hydroxylation sites is 1. The quantitative estimate of drug-likeness (QED) is 0.215. The maximum Gasteiger partial charge on any atom is 0.573 e. The van der Waals surface area contributed by atoms with Crippen molar-refractivity contribution in [3.05, 3.63) is 59.4 Å². The Labute approximate surface area is 244 Å². The highest BCUT2D eigenvalue weighted by Crippen LogP contribution is 2.46. The summed E-state index contributed by atoms with van der Waals surface area (Å²) in [4.78, 5) is 21.7. The first-order chi connectivity index (χ1) is 20.3. The number of fused-ring (bicyclic) bond motifs is 3. The van der Waals surface area contributed by atoms with Crippen molar-refractivity contribution in [2.45, 2.75) is 56.5 Å². The van der Waals surface area contributed by atoms with E-state index in [1.54, 1.807) is 29.5 Å². The second-order valence-corrected chi connectivity index (χ2v) is 12.2. The molecule has 220 valence electrons. The molecule has 2 atom stereocenters. The van der Waals surface area contributed by atoms with Crippen molar-refractivity contribution in [2.75, 3.05) is 31.6 Å². The molecule has 0 N–H and O–H groups in total. The predicted octanol–water partition coefficient (Wildman–Crippen LogP) is 6.41. The Hall–Kier alpha value is -3.64. The van der Waals surface area contributed by atoms with E-state index in [4.69, 9.17) is 14.2 Å². The zero-order valence-corrected chi connectivity index (χ0v) is 23.7. The molecule has 2 bridgehead atoms. The molecule has 2 aromatic heterocycles. The van der Waals surface area contributed by atoms with Gasteiger partial charge in [0, 0.05) is 48.8 Å². The van der Waals surface area contributed by atoms with Gasteiger partial charge in [-0.05, 0) is 62.4 Å². The van der Waals surface area contributed by atoms with E-state index in [-0.39, 0.29) is 23.2 Å². The first-order valence-corrected chi connectivity index (χ1v) is 14.9. The van der Waals surface area contributed by atoms with E-state index in [1.807, 2.05) is 12.1 Å². The number of methoxy groups -OCH3 is 1. The van der Waals surface area contributed by atoms with Crippen molar-refractivity contribution in [1.82, 2.24) is 15.0 Å². The zero-order valence-electron chi connectivity index (χ0n) is 22.9. The number of rotatable bonds is 8. The predicted molar refractivity (Wildman–Crippen MR) is 151 cm³/mol. The third kappa shape index (κ3) is 5.22. The summed E-state index contributed by atoms with van der Waals surface area (Å²) in [6, 6.07) is 12.2. The number of nitrogens with zero attached hydrogens (tertiary/aromatic N) is 4. The van der Waals surface area contributed by atoms with E-state index in [9.17, 15) is 18.0 Å². The van der Waals surface area contributed by atoms with Gasteiger partial charge in [0.2, 0.25) is 0 Å². The van der Waals surface area contributed by atoms with Gasteiger partial charge >= 0.3 is 12.3 Å². The Morgan fingerprint density at radius 2 is 1.86 bits per heavy atom. The highest BCUT2D eigenvalue weighted by atomic mass is 32.1. The van der Waals surface area contributed by atoms with Gasteiger partial charge in [0.25, 0.3) is 0 Å². The molecule has 3 fully saturated rings. The molecule has 2 unspecified atom stereocenters. The molecule has 2 aromatic carbocycles. The minimum atomic E-state index is -4.80. The smallest absolute Gasteiger partial charge is 0.465 e. The second kappa shape index (κ2) is 10.6. The van der Waals surface area contributed by atoms with E-state index >= 15 is 0 Å². The number of carbonyl (C=O) groups is 1. The average molecular weight is 599 g/mol. The van der Waals surface area contributed by atoms with Gasteiger partial charge in [0.05, 0.1) is 22.9 Å². The highest BCUT2D eigenvalue weighted by molar-refractivity contribution is 7.22. The molecule has 3 aliphatic rings. The number of halogens is 3. The van der Waals surface area contributed by atoms with Gasteiger partial charge in [0.15, 0.2) is 5.13 Å². The van der Waals surface area contributed by atoms with Crippen LogP contribution in [0.3, 0.4) is 0 Å². The van der Waals surface area contributed by atoms with Crippen molar-refractivity contribution in [3.8, 4) is 17.0 Å². The number of benzene rings is 2. The lowest BCUT2D eigenvalue weighted by molar-refractivity contribution is -0.274. The molecule has 2 saturated heterocycles. The van der Waals surface area contributed by atoms with Gasteiger partial charge in [-0.25, -0.2) is 9.78 Å². The lowest BCUT2D eigenvalue weighted by atomic mass is 10.0. The molecule has 1 aliphatic carbocycles. The molecule has 0 amide bonds. The minimum absolute atomic E-state index is 0.267. The summed E-state index contributed by atoms with van der Waals surface area (Å²) in [6.07, 6.45) is -0.0486. The van der Waals surface area contributed by atoms with Crippen molar-refractivity contribution >= 4 is 32.7 Å². The number of piperazine rings is 1. The minimum Gasteiger partial charge on any atom is -0.465 e. The van der Waals surface area contributed by atoms with Crippen molar-refractivity contribution < 1.29 is 32.0 Å². The monoisotopic (exact) mass is 598 g/mol. The van der Waals surface area contributed by atoms with E-state index < -0.39 is 6.36 Å². The summed E-state index contributed by atoms with van der Waals surface area (Å²) in [6.45, 7) is 2.49. The summed E-state index contributed by atoms with van der Waals surface area (Å²) in [5.41, 5.74) is 2.97.